The maximum absolute atomic E-state index is 14.4. The fraction of sp³-hybridized carbons (Fsp3) is 0.0400. The first-order chi connectivity index (χ1) is 17.3. The maximum atomic E-state index is 14.4. The third-order valence-electron chi connectivity index (χ3n) is 5.64. The number of fused-ring (bicyclic) bond motifs is 2. The Kier molecular flexibility index (Phi) is 5.86. The van der Waals surface area contributed by atoms with E-state index in [1.807, 2.05) is 6.07 Å². The first-order valence-electron chi connectivity index (χ1n) is 10.4. The number of benzene rings is 3. The summed E-state index contributed by atoms with van der Waals surface area (Å²) < 4.78 is 69.3. The molecule has 11 heteroatoms. The van der Waals surface area contributed by atoms with Gasteiger partial charge in [-0.2, -0.15) is 5.26 Å². The van der Waals surface area contributed by atoms with Crippen molar-refractivity contribution in [2.24, 2.45) is 0 Å². The molecule has 3 N–H and O–H groups in total. The molecule has 0 unspecified atom stereocenters. The van der Waals surface area contributed by atoms with E-state index >= 15 is 0 Å². The summed E-state index contributed by atoms with van der Waals surface area (Å²) in [5, 5.41) is 15.7. The average Bonchev–Trinajstić information content (AvgIpc) is 3.31. The monoisotopic (exact) mass is 513 g/mol. The molecule has 2 aromatic heterocycles. The van der Waals surface area contributed by atoms with E-state index in [2.05, 4.69) is 20.6 Å². The van der Waals surface area contributed by atoms with Crippen molar-refractivity contribution in [3.63, 3.8) is 0 Å². The van der Waals surface area contributed by atoms with E-state index in [-0.39, 0.29) is 22.7 Å². The number of nitriles is 1. The molecule has 0 bridgehead atoms. The number of nitrogens with one attached hydrogen (secondary N) is 3. The van der Waals surface area contributed by atoms with Crippen LogP contribution in [0.5, 0.6) is 0 Å². The van der Waals surface area contributed by atoms with Crippen LogP contribution in [0.2, 0.25) is 5.02 Å². The van der Waals surface area contributed by atoms with Gasteiger partial charge in [0.2, 0.25) is 0 Å². The second-order valence-electron chi connectivity index (χ2n) is 7.82. The van der Waals surface area contributed by atoms with Crippen LogP contribution in [0, 0.1) is 40.4 Å². The van der Waals surface area contributed by atoms with Gasteiger partial charge in [-0.25, -0.2) is 22.0 Å². The Morgan fingerprint density at radius 3 is 2.44 bits per heavy atom. The molecule has 0 aliphatic heterocycles. The molecule has 0 saturated heterocycles. The predicted molar refractivity (Wildman–Crippen MR) is 127 cm³/mol. The van der Waals surface area contributed by atoms with Crippen molar-refractivity contribution in [3.05, 3.63) is 94.0 Å². The third kappa shape index (κ3) is 3.93. The van der Waals surface area contributed by atoms with Crippen molar-refractivity contribution >= 4 is 50.5 Å². The van der Waals surface area contributed by atoms with Gasteiger partial charge >= 0.3 is 0 Å². The van der Waals surface area contributed by atoms with E-state index in [1.165, 1.54) is 30.6 Å². The smallest absolute Gasteiger partial charge is 0.199 e. The number of aromatic amines is 1. The summed E-state index contributed by atoms with van der Waals surface area (Å²) >= 11 is 5.87. The summed E-state index contributed by atoms with van der Waals surface area (Å²) in [6, 6.07) is 11.1. The quantitative estimate of drug-likeness (QED) is 0.131. The number of pyridine rings is 1. The van der Waals surface area contributed by atoms with Gasteiger partial charge in [-0.1, -0.05) is 11.6 Å². The molecule has 0 fully saturated rings. The second kappa shape index (κ2) is 9.02. The van der Waals surface area contributed by atoms with Crippen LogP contribution in [0.1, 0.15) is 11.1 Å². The highest BCUT2D eigenvalue weighted by Crippen LogP contribution is 2.33. The van der Waals surface area contributed by atoms with Gasteiger partial charge in [0, 0.05) is 41.1 Å². The minimum absolute atomic E-state index is 0.0609. The molecular weight excluding hydrogens is 501 g/mol. The lowest BCUT2D eigenvalue weighted by Gasteiger charge is -2.14. The third-order valence-corrected chi connectivity index (χ3v) is 5.93. The van der Waals surface area contributed by atoms with E-state index in [4.69, 9.17) is 11.6 Å². The van der Waals surface area contributed by atoms with E-state index < -0.39 is 40.0 Å². The van der Waals surface area contributed by atoms with Gasteiger partial charge < -0.3 is 15.6 Å². The highest BCUT2D eigenvalue weighted by atomic mass is 35.5. The summed E-state index contributed by atoms with van der Waals surface area (Å²) in [6.45, 7) is -0.0609. The Morgan fingerprint density at radius 2 is 1.69 bits per heavy atom. The number of anilines is 3. The molecule has 5 rings (SSSR count). The highest BCUT2D eigenvalue weighted by molar-refractivity contribution is 6.31. The van der Waals surface area contributed by atoms with Gasteiger partial charge in [-0.15, -0.1) is 0 Å². The number of H-pyrrole nitrogens is 1. The van der Waals surface area contributed by atoms with Gasteiger partial charge in [-0.3, -0.25) is 4.98 Å². The van der Waals surface area contributed by atoms with Gasteiger partial charge in [0.25, 0.3) is 0 Å². The van der Waals surface area contributed by atoms with Crippen LogP contribution in [-0.2, 0) is 6.54 Å². The largest absolute Gasteiger partial charge is 0.381 e. The summed E-state index contributed by atoms with van der Waals surface area (Å²) in [7, 11) is 0. The Morgan fingerprint density at radius 1 is 0.944 bits per heavy atom. The average molecular weight is 514 g/mol. The normalized spacial score (nSPS) is 11.1. The van der Waals surface area contributed by atoms with Crippen LogP contribution in [0.25, 0.3) is 21.8 Å². The van der Waals surface area contributed by atoms with Gasteiger partial charge in [-0.05, 0) is 42.0 Å². The number of rotatable bonds is 5. The number of nitrogens with zero attached hydrogens (tertiary/aromatic N) is 2. The van der Waals surface area contributed by atoms with Gasteiger partial charge in [0.05, 0.1) is 27.3 Å². The van der Waals surface area contributed by atoms with Crippen molar-refractivity contribution in [3.8, 4) is 6.07 Å². The maximum Gasteiger partial charge on any atom is 0.199 e. The zero-order valence-electron chi connectivity index (χ0n) is 18.0. The summed E-state index contributed by atoms with van der Waals surface area (Å²) in [6.07, 6.45) is 2.64. The highest BCUT2D eigenvalue weighted by Gasteiger charge is 2.23. The van der Waals surface area contributed by atoms with Crippen LogP contribution in [0.4, 0.5) is 39.0 Å². The molecule has 3 aromatic carbocycles. The molecule has 0 saturated carbocycles. The van der Waals surface area contributed by atoms with Crippen molar-refractivity contribution in [2.75, 3.05) is 10.6 Å². The number of halogens is 6. The summed E-state index contributed by atoms with van der Waals surface area (Å²) in [5.41, 5.74) is 1.79. The van der Waals surface area contributed by atoms with Gasteiger partial charge in [0.1, 0.15) is 11.9 Å². The van der Waals surface area contributed by atoms with E-state index in [0.29, 0.717) is 28.0 Å². The SMILES string of the molecule is N#Cc1cnc2ccc(NCc3c[nH]c4c(F)c(F)c(F)c(F)c34)cc2c1Nc1ccc(F)c(Cl)c1. The second-order valence-corrected chi connectivity index (χ2v) is 8.23. The van der Waals surface area contributed by atoms with Crippen LogP contribution in [-0.4, -0.2) is 9.97 Å². The molecule has 0 aliphatic rings. The molecule has 0 spiro atoms. The number of hydrogen-bond acceptors (Lipinski definition) is 4. The first kappa shape index (κ1) is 23.4. The zero-order chi connectivity index (χ0) is 25.6. The van der Waals surface area contributed by atoms with Gasteiger partial charge in [0.15, 0.2) is 23.3 Å². The minimum atomic E-state index is -1.89. The Bertz CT molecular complexity index is 1710. The van der Waals surface area contributed by atoms with Crippen LogP contribution < -0.4 is 10.6 Å². The molecular formula is C25H13ClF5N5. The topological polar surface area (TPSA) is 76.5 Å². The Labute approximate surface area is 205 Å². The molecule has 0 radical (unpaired) electrons. The van der Waals surface area contributed by atoms with E-state index in [0.717, 1.165) is 0 Å². The molecule has 2 heterocycles. The predicted octanol–water partition coefficient (Wildman–Crippen LogP) is 7.29. The van der Waals surface area contributed by atoms with Crippen LogP contribution >= 0.6 is 11.6 Å². The minimum Gasteiger partial charge on any atom is -0.381 e. The first-order valence-corrected chi connectivity index (χ1v) is 10.8. The van der Waals surface area contributed by atoms with E-state index in [9.17, 15) is 27.2 Å². The fourth-order valence-electron chi connectivity index (χ4n) is 3.88. The zero-order valence-corrected chi connectivity index (χ0v) is 18.7. The molecule has 5 nitrogen and oxygen atoms in total. The lowest BCUT2D eigenvalue weighted by molar-refractivity contribution is 0.417. The standard InChI is InChI=1S/C25H13ClF5N5/c26-16-6-14(1-3-17(16)27)36-24-11(7-32)8-34-18-4-2-13(5-15(18)24)33-9-12-10-35-25-19(12)20(28)21(29)22(30)23(25)31/h1-6,8,10,33,35H,9H2,(H,34,36). The van der Waals surface area contributed by atoms with Crippen molar-refractivity contribution < 1.29 is 22.0 Å². The Hall–Kier alpha value is -4.36. The lowest BCUT2D eigenvalue weighted by atomic mass is 10.1. The van der Waals surface area contributed by atoms with Crippen molar-refractivity contribution in [1.29, 1.82) is 5.26 Å². The van der Waals surface area contributed by atoms with Crippen molar-refractivity contribution in [2.45, 2.75) is 6.54 Å². The molecule has 180 valence electrons. The van der Waals surface area contributed by atoms with E-state index in [1.54, 1.807) is 18.2 Å². The molecule has 5 aromatic rings. The fourth-order valence-corrected chi connectivity index (χ4v) is 4.06. The Balaban J connectivity index is 1.51. The molecule has 0 amide bonds. The van der Waals surface area contributed by atoms with Crippen LogP contribution in [0.3, 0.4) is 0 Å². The number of aromatic nitrogens is 2. The summed E-state index contributed by atoms with van der Waals surface area (Å²) in [5.74, 6) is -7.37. The number of hydrogen-bond donors (Lipinski definition) is 3. The molecule has 0 atom stereocenters. The van der Waals surface area contributed by atoms with Crippen molar-refractivity contribution in [1.82, 2.24) is 9.97 Å². The molecule has 0 aliphatic carbocycles. The molecule has 36 heavy (non-hydrogen) atoms. The van der Waals surface area contributed by atoms with Crippen LogP contribution in [0.15, 0.2) is 48.8 Å². The lowest BCUT2D eigenvalue weighted by Crippen LogP contribution is -2.02. The summed E-state index contributed by atoms with van der Waals surface area (Å²) in [4.78, 5) is 6.70.